The monoisotopic (exact) mass is 443 g/mol. The van der Waals surface area contributed by atoms with Crippen molar-refractivity contribution < 1.29 is 14.7 Å². The van der Waals surface area contributed by atoms with Gasteiger partial charge in [-0.2, -0.15) is 0 Å². The van der Waals surface area contributed by atoms with Gasteiger partial charge in [0.2, 0.25) is 5.95 Å². The van der Waals surface area contributed by atoms with E-state index in [-0.39, 0.29) is 16.5 Å². The van der Waals surface area contributed by atoms with Gasteiger partial charge < -0.3 is 15.3 Å². The Hall–Kier alpha value is -2.85. The van der Waals surface area contributed by atoms with Gasteiger partial charge in [-0.25, -0.2) is 19.7 Å². The van der Waals surface area contributed by atoms with Crippen molar-refractivity contribution in [3.8, 4) is 11.1 Å². The molecule has 0 bridgehead atoms. The van der Waals surface area contributed by atoms with Gasteiger partial charge in [0.05, 0.1) is 16.9 Å². The second-order valence-electron chi connectivity index (χ2n) is 7.10. The summed E-state index contributed by atoms with van der Waals surface area (Å²) in [6.45, 7) is 5.47. The predicted octanol–water partition coefficient (Wildman–Crippen LogP) is 4.22. The quantitative estimate of drug-likeness (QED) is 0.608. The van der Waals surface area contributed by atoms with Crippen LogP contribution in [0.1, 0.15) is 50.7 Å². The van der Waals surface area contributed by atoms with Crippen LogP contribution >= 0.6 is 22.7 Å². The molecule has 30 heavy (non-hydrogen) atoms. The smallest absolute Gasteiger partial charge is 0.339 e. The average Bonchev–Trinajstić information content (AvgIpc) is 3.34. The zero-order valence-corrected chi connectivity index (χ0v) is 18.3. The van der Waals surface area contributed by atoms with Crippen LogP contribution in [0, 0.1) is 13.8 Å². The van der Waals surface area contributed by atoms with Gasteiger partial charge in [-0.05, 0) is 33.1 Å². The third-order valence-corrected chi connectivity index (χ3v) is 6.90. The van der Waals surface area contributed by atoms with Crippen LogP contribution in [0.15, 0.2) is 17.1 Å². The van der Waals surface area contributed by atoms with Gasteiger partial charge in [-0.1, -0.05) is 0 Å². The van der Waals surface area contributed by atoms with E-state index in [9.17, 15) is 14.7 Å². The molecule has 1 saturated heterocycles. The summed E-state index contributed by atoms with van der Waals surface area (Å²) in [4.78, 5) is 40.4. The number of aromatic nitrogens is 3. The maximum atomic E-state index is 12.5. The highest BCUT2D eigenvalue weighted by Crippen LogP contribution is 2.37. The van der Waals surface area contributed by atoms with E-state index < -0.39 is 5.97 Å². The molecule has 0 aliphatic carbocycles. The van der Waals surface area contributed by atoms with Crippen molar-refractivity contribution in [2.75, 3.05) is 23.3 Å². The highest BCUT2D eigenvalue weighted by molar-refractivity contribution is 7.15. The van der Waals surface area contributed by atoms with Crippen molar-refractivity contribution >= 4 is 45.5 Å². The second-order valence-corrected chi connectivity index (χ2v) is 8.83. The molecule has 156 valence electrons. The number of hydrogen-bond acceptors (Lipinski definition) is 8. The fourth-order valence-corrected chi connectivity index (χ4v) is 5.15. The molecule has 0 radical (unpaired) electrons. The number of nitrogens with one attached hydrogen (secondary N) is 1. The lowest BCUT2D eigenvalue weighted by Gasteiger charge is -2.26. The average molecular weight is 444 g/mol. The van der Waals surface area contributed by atoms with Gasteiger partial charge in [0, 0.05) is 35.8 Å². The van der Waals surface area contributed by atoms with E-state index in [1.807, 2.05) is 6.92 Å². The topological polar surface area (TPSA) is 108 Å². The van der Waals surface area contributed by atoms with Crippen molar-refractivity contribution in [3.63, 3.8) is 0 Å². The molecule has 8 nitrogen and oxygen atoms in total. The maximum absolute atomic E-state index is 12.5. The molecular formula is C20H21N5O3S2. The number of carbonyl (C=O) groups excluding carboxylic acids is 1. The molecule has 0 unspecified atom stereocenters. The van der Waals surface area contributed by atoms with Crippen LogP contribution in [0.5, 0.6) is 0 Å². The lowest BCUT2D eigenvalue weighted by molar-refractivity contribution is 0.0699. The molecule has 0 atom stereocenters. The Bertz CT molecular complexity index is 1100. The molecule has 10 heteroatoms. The Kier molecular flexibility index (Phi) is 5.78. The summed E-state index contributed by atoms with van der Waals surface area (Å²) < 4.78 is 0. The minimum atomic E-state index is -1.11. The number of carboxylic acids is 1. The van der Waals surface area contributed by atoms with Crippen LogP contribution in [-0.4, -0.2) is 45.0 Å². The number of thiazole rings is 1. The Balaban J connectivity index is 1.65. The molecule has 1 fully saturated rings. The summed E-state index contributed by atoms with van der Waals surface area (Å²) in [5.74, 6) is -0.793. The van der Waals surface area contributed by atoms with Gasteiger partial charge >= 0.3 is 5.97 Å². The Morgan fingerprint density at radius 1 is 1.07 bits per heavy atom. The van der Waals surface area contributed by atoms with E-state index in [0.717, 1.165) is 25.9 Å². The molecule has 1 aliphatic rings. The predicted molar refractivity (Wildman–Crippen MR) is 118 cm³/mol. The number of aromatic carboxylic acids is 1. The van der Waals surface area contributed by atoms with Gasteiger partial charge in [-0.3, -0.25) is 4.79 Å². The van der Waals surface area contributed by atoms with Crippen molar-refractivity contribution in [2.45, 2.75) is 33.1 Å². The number of carboxylic acid groups (broad SMARTS) is 1. The number of aryl methyl sites for hydroxylation is 2. The summed E-state index contributed by atoms with van der Waals surface area (Å²) in [5.41, 5.74) is 4.12. The van der Waals surface area contributed by atoms with E-state index in [1.54, 1.807) is 24.0 Å². The lowest BCUT2D eigenvalue weighted by atomic mass is 10.0. The Morgan fingerprint density at radius 3 is 2.47 bits per heavy atom. The fourth-order valence-electron chi connectivity index (χ4n) is 3.51. The lowest BCUT2D eigenvalue weighted by Crippen LogP contribution is -2.31. The van der Waals surface area contributed by atoms with Crippen LogP contribution in [-0.2, 0) is 0 Å². The summed E-state index contributed by atoms with van der Waals surface area (Å²) in [5, 5.41) is 14.6. The van der Waals surface area contributed by atoms with Gasteiger partial charge in [0.25, 0.3) is 5.91 Å². The molecule has 4 heterocycles. The van der Waals surface area contributed by atoms with Crippen molar-refractivity contribution in [1.29, 1.82) is 0 Å². The molecule has 0 aromatic carbocycles. The third-order valence-electron chi connectivity index (χ3n) is 5.08. The number of amides is 1. The molecule has 2 N–H and O–H groups in total. The minimum Gasteiger partial charge on any atom is -0.478 e. The van der Waals surface area contributed by atoms with Gasteiger partial charge in [0.15, 0.2) is 0 Å². The molecule has 4 rings (SSSR count). The standard InChI is InChI=1S/C20H21N5O3S2/c1-11-13(8-21-20(23-11)25-6-4-3-5-7-25)14-9-29-18(15(14)19(27)28)24-17(26)16-12(2)22-10-30-16/h8-10H,3-7H2,1-2H3,(H,24,26)(H,27,28). The van der Waals surface area contributed by atoms with Crippen molar-refractivity contribution in [2.24, 2.45) is 0 Å². The summed E-state index contributed by atoms with van der Waals surface area (Å²) >= 11 is 2.40. The minimum absolute atomic E-state index is 0.0490. The summed E-state index contributed by atoms with van der Waals surface area (Å²) in [6.07, 6.45) is 5.15. The molecule has 3 aromatic heterocycles. The summed E-state index contributed by atoms with van der Waals surface area (Å²) in [7, 11) is 0. The van der Waals surface area contributed by atoms with E-state index in [1.165, 1.54) is 29.1 Å². The van der Waals surface area contributed by atoms with Gasteiger partial charge in [-0.15, -0.1) is 22.7 Å². The van der Waals surface area contributed by atoms with Crippen molar-refractivity contribution in [1.82, 2.24) is 15.0 Å². The van der Waals surface area contributed by atoms with Crippen LogP contribution < -0.4 is 10.2 Å². The fraction of sp³-hybridized carbons (Fsp3) is 0.350. The number of rotatable bonds is 5. The summed E-state index contributed by atoms with van der Waals surface area (Å²) in [6, 6.07) is 0. The largest absolute Gasteiger partial charge is 0.478 e. The maximum Gasteiger partial charge on any atom is 0.339 e. The third kappa shape index (κ3) is 3.92. The zero-order valence-electron chi connectivity index (χ0n) is 16.6. The Morgan fingerprint density at radius 2 is 1.83 bits per heavy atom. The molecule has 0 saturated carbocycles. The van der Waals surface area contributed by atoms with Crippen LogP contribution in [0.4, 0.5) is 10.9 Å². The first-order valence-corrected chi connectivity index (χ1v) is 11.4. The molecular weight excluding hydrogens is 422 g/mol. The number of piperidine rings is 1. The Labute approximate surface area is 181 Å². The van der Waals surface area contributed by atoms with Crippen molar-refractivity contribution in [3.05, 3.63) is 38.9 Å². The van der Waals surface area contributed by atoms with Crippen LogP contribution in [0.2, 0.25) is 0 Å². The number of nitrogens with zero attached hydrogens (tertiary/aromatic N) is 4. The first-order chi connectivity index (χ1) is 14.5. The first-order valence-electron chi connectivity index (χ1n) is 9.61. The van der Waals surface area contributed by atoms with E-state index in [0.29, 0.717) is 33.3 Å². The van der Waals surface area contributed by atoms with E-state index in [4.69, 9.17) is 0 Å². The van der Waals surface area contributed by atoms with Gasteiger partial charge in [0.1, 0.15) is 15.4 Å². The second kappa shape index (κ2) is 8.49. The number of anilines is 2. The highest BCUT2D eigenvalue weighted by atomic mass is 32.1. The first kappa shape index (κ1) is 20.4. The van der Waals surface area contributed by atoms with Crippen LogP contribution in [0.25, 0.3) is 11.1 Å². The SMILES string of the molecule is Cc1nc(N2CCCCC2)ncc1-c1csc(NC(=O)c2scnc2C)c1C(=O)O. The zero-order chi connectivity index (χ0) is 21.3. The molecule has 0 spiro atoms. The van der Waals surface area contributed by atoms with Crippen LogP contribution in [0.3, 0.4) is 0 Å². The molecule has 3 aromatic rings. The normalized spacial score (nSPS) is 14.0. The van der Waals surface area contributed by atoms with E-state index >= 15 is 0 Å². The number of thiophene rings is 1. The number of carbonyl (C=O) groups is 2. The molecule has 1 amide bonds. The molecule has 1 aliphatic heterocycles. The van der Waals surface area contributed by atoms with E-state index in [2.05, 4.69) is 25.2 Å². The number of hydrogen-bond donors (Lipinski definition) is 2. The highest BCUT2D eigenvalue weighted by Gasteiger charge is 2.24.